The number of carbonyl (C=O) groups is 2. The number of morpholine rings is 1. The molecular weight excluding hydrogens is 252 g/mol. The van der Waals surface area contributed by atoms with Crippen LogP contribution in [0, 0.1) is 0 Å². The molecule has 19 heavy (non-hydrogen) atoms. The molecule has 1 unspecified atom stereocenters. The van der Waals surface area contributed by atoms with Crippen molar-refractivity contribution < 1.29 is 24.5 Å². The SMILES string of the molecule is O=C(O)c1ccc(C(=O)N2CCOCC2CO)cn1. The molecule has 1 fully saturated rings. The fraction of sp³-hybridized carbons (Fsp3) is 0.417. The Kier molecular flexibility index (Phi) is 4.08. The van der Waals surface area contributed by atoms with Crippen molar-refractivity contribution >= 4 is 11.9 Å². The first-order valence-electron chi connectivity index (χ1n) is 5.82. The molecule has 1 aromatic heterocycles. The maximum atomic E-state index is 12.2. The van der Waals surface area contributed by atoms with E-state index in [4.69, 9.17) is 9.84 Å². The number of amides is 1. The number of carbonyl (C=O) groups excluding carboxylic acids is 1. The molecule has 102 valence electrons. The van der Waals surface area contributed by atoms with E-state index in [-0.39, 0.29) is 24.2 Å². The lowest BCUT2D eigenvalue weighted by Crippen LogP contribution is -2.50. The summed E-state index contributed by atoms with van der Waals surface area (Å²) in [5, 5.41) is 17.9. The van der Waals surface area contributed by atoms with Crippen LogP contribution in [0.1, 0.15) is 20.8 Å². The Morgan fingerprint density at radius 1 is 1.47 bits per heavy atom. The quantitative estimate of drug-likeness (QED) is 0.773. The Hall–Kier alpha value is -1.99. The minimum Gasteiger partial charge on any atom is -0.477 e. The minimum absolute atomic E-state index is 0.114. The van der Waals surface area contributed by atoms with Crippen molar-refractivity contribution in [3.63, 3.8) is 0 Å². The molecule has 7 nitrogen and oxygen atoms in total. The average Bonchev–Trinajstić information content (AvgIpc) is 2.46. The van der Waals surface area contributed by atoms with E-state index in [1.54, 1.807) is 0 Å². The van der Waals surface area contributed by atoms with Crippen molar-refractivity contribution in [2.45, 2.75) is 6.04 Å². The summed E-state index contributed by atoms with van der Waals surface area (Å²) in [5.41, 5.74) is 0.183. The topological polar surface area (TPSA) is 100.0 Å². The number of aliphatic hydroxyl groups is 1. The third-order valence-corrected chi connectivity index (χ3v) is 2.93. The largest absolute Gasteiger partial charge is 0.477 e. The van der Waals surface area contributed by atoms with Crippen molar-refractivity contribution in [3.05, 3.63) is 29.6 Å². The number of hydrogen-bond acceptors (Lipinski definition) is 5. The zero-order chi connectivity index (χ0) is 13.8. The molecule has 0 radical (unpaired) electrons. The summed E-state index contributed by atoms with van der Waals surface area (Å²) >= 11 is 0. The number of carboxylic acid groups (broad SMARTS) is 1. The number of nitrogens with zero attached hydrogens (tertiary/aromatic N) is 2. The van der Waals surface area contributed by atoms with E-state index in [1.165, 1.54) is 23.2 Å². The Morgan fingerprint density at radius 2 is 2.26 bits per heavy atom. The van der Waals surface area contributed by atoms with Gasteiger partial charge in [-0.05, 0) is 12.1 Å². The second-order valence-electron chi connectivity index (χ2n) is 4.15. The Bertz CT molecular complexity index is 474. The molecule has 1 saturated heterocycles. The van der Waals surface area contributed by atoms with Gasteiger partial charge in [-0.2, -0.15) is 0 Å². The van der Waals surface area contributed by atoms with Crippen LogP contribution >= 0.6 is 0 Å². The van der Waals surface area contributed by atoms with E-state index in [0.717, 1.165) is 0 Å². The number of hydrogen-bond donors (Lipinski definition) is 2. The van der Waals surface area contributed by atoms with Gasteiger partial charge in [0.25, 0.3) is 5.91 Å². The van der Waals surface area contributed by atoms with Crippen molar-refractivity contribution in [1.82, 2.24) is 9.88 Å². The monoisotopic (exact) mass is 266 g/mol. The van der Waals surface area contributed by atoms with Crippen molar-refractivity contribution in [2.75, 3.05) is 26.4 Å². The molecule has 1 aromatic rings. The Morgan fingerprint density at radius 3 is 2.84 bits per heavy atom. The normalized spacial score (nSPS) is 19.2. The molecule has 0 aliphatic carbocycles. The Labute approximate surface area is 109 Å². The summed E-state index contributed by atoms with van der Waals surface area (Å²) in [6, 6.07) is 2.33. The first kappa shape index (κ1) is 13.4. The molecular formula is C12H14N2O5. The predicted octanol–water partition coefficient (Wildman–Crippen LogP) is -0.387. The van der Waals surface area contributed by atoms with Crippen LogP contribution in [0.5, 0.6) is 0 Å². The van der Waals surface area contributed by atoms with Crippen LogP contribution in [0.15, 0.2) is 18.3 Å². The molecule has 0 aromatic carbocycles. The molecule has 1 aliphatic heterocycles. The van der Waals surface area contributed by atoms with Gasteiger partial charge in [-0.1, -0.05) is 0 Å². The van der Waals surface area contributed by atoms with E-state index < -0.39 is 5.97 Å². The van der Waals surface area contributed by atoms with Gasteiger partial charge in [0, 0.05) is 12.7 Å². The molecule has 2 N–H and O–H groups in total. The highest BCUT2D eigenvalue weighted by Gasteiger charge is 2.27. The van der Waals surface area contributed by atoms with Crippen LogP contribution in [0.2, 0.25) is 0 Å². The van der Waals surface area contributed by atoms with Crippen LogP contribution in [0.4, 0.5) is 0 Å². The molecule has 0 bridgehead atoms. The lowest BCUT2D eigenvalue weighted by Gasteiger charge is -2.34. The number of carboxylic acids is 1. The summed E-state index contributed by atoms with van der Waals surface area (Å²) in [5.74, 6) is -1.43. The molecule has 1 amide bonds. The molecule has 7 heteroatoms. The third-order valence-electron chi connectivity index (χ3n) is 2.93. The smallest absolute Gasteiger partial charge is 0.354 e. The van der Waals surface area contributed by atoms with Gasteiger partial charge in [0.15, 0.2) is 0 Å². The van der Waals surface area contributed by atoms with Crippen molar-refractivity contribution in [2.24, 2.45) is 0 Å². The van der Waals surface area contributed by atoms with Gasteiger partial charge in [0.05, 0.1) is 31.4 Å². The highest BCUT2D eigenvalue weighted by molar-refractivity contribution is 5.95. The zero-order valence-corrected chi connectivity index (χ0v) is 10.2. The van der Waals surface area contributed by atoms with Crippen LogP contribution in [-0.4, -0.2) is 64.4 Å². The number of aromatic carboxylic acids is 1. The average molecular weight is 266 g/mol. The fourth-order valence-corrected chi connectivity index (χ4v) is 1.89. The van der Waals surface area contributed by atoms with E-state index in [1.807, 2.05) is 0 Å². The molecule has 2 rings (SSSR count). The molecule has 1 atom stereocenters. The van der Waals surface area contributed by atoms with Crippen LogP contribution < -0.4 is 0 Å². The third kappa shape index (κ3) is 2.88. The second kappa shape index (κ2) is 5.77. The second-order valence-corrected chi connectivity index (χ2v) is 4.15. The zero-order valence-electron chi connectivity index (χ0n) is 10.2. The summed E-state index contributed by atoms with van der Waals surface area (Å²) in [4.78, 5) is 28.1. The number of ether oxygens (including phenoxy) is 1. The summed E-state index contributed by atoms with van der Waals surface area (Å²) in [7, 11) is 0. The maximum Gasteiger partial charge on any atom is 0.354 e. The summed E-state index contributed by atoms with van der Waals surface area (Å²) < 4.78 is 5.19. The van der Waals surface area contributed by atoms with E-state index >= 15 is 0 Å². The first-order valence-corrected chi connectivity index (χ1v) is 5.82. The number of pyridine rings is 1. The molecule has 2 heterocycles. The summed E-state index contributed by atoms with van der Waals surface area (Å²) in [6.07, 6.45) is 1.23. The highest BCUT2D eigenvalue weighted by atomic mass is 16.5. The van der Waals surface area contributed by atoms with Gasteiger partial charge in [-0.15, -0.1) is 0 Å². The number of aromatic nitrogens is 1. The van der Waals surface area contributed by atoms with Crippen molar-refractivity contribution in [1.29, 1.82) is 0 Å². The highest BCUT2D eigenvalue weighted by Crippen LogP contribution is 2.12. The minimum atomic E-state index is -1.14. The fourth-order valence-electron chi connectivity index (χ4n) is 1.89. The van der Waals surface area contributed by atoms with Crippen molar-refractivity contribution in [3.8, 4) is 0 Å². The van der Waals surface area contributed by atoms with Gasteiger partial charge >= 0.3 is 5.97 Å². The summed E-state index contributed by atoms with van der Waals surface area (Å²) in [6.45, 7) is 0.933. The van der Waals surface area contributed by atoms with Gasteiger partial charge in [-0.25, -0.2) is 9.78 Å². The van der Waals surface area contributed by atoms with Gasteiger partial charge < -0.3 is 19.8 Å². The standard InChI is InChI=1S/C12H14N2O5/c15-6-9-7-19-4-3-14(9)11(16)8-1-2-10(12(17)18)13-5-8/h1-2,5,9,15H,3-4,6-7H2,(H,17,18). The van der Waals surface area contributed by atoms with E-state index in [2.05, 4.69) is 4.98 Å². The predicted molar refractivity (Wildman–Crippen MR) is 63.9 cm³/mol. The maximum absolute atomic E-state index is 12.2. The van der Waals surface area contributed by atoms with E-state index in [9.17, 15) is 14.7 Å². The van der Waals surface area contributed by atoms with E-state index in [0.29, 0.717) is 25.3 Å². The van der Waals surface area contributed by atoms with Crippen LogP contribution in [-0.2, 0) is 4.74 Å². The Balaban J connectivity index is 2.16. The van der Waals surface area contributed by atoms with Crippen LogP contribution in [0.3, 0.4) is 0 Å². The van der Waals surface area contributed by atoms with Gasteiger partial charge in [-0.3, -0.25) is 4.79 Å². The number of rotatable bonds is 3. The molecule has 1 aliphatic rings. The first-order chi connectivity index (χ1) is 9.13. The van der Waals surface area contributed by atoms with Gasteiger partial charge in [0.2, 0.25) is 0 Å². The lowest BCUT2D eigenvalue weighted by molar-refractivity contribution is -0.0184. The lowest BCUT2D eigenvalue weighted by atomic mass is 10.1. The number of aliphatic hydroxyl groups excluding tert-OH is 1. The van der Waals surface area contributed by atoms with Crippen LogP contribution in [0.25, 0.3) is 0 Å². The molecule has 0 spiro atoms. The molecule has 0 saturated carbocycles. The van der Waals surface area contributed by atoms with Gasteiger partial charge in [0.1, 0.15) is 5.69 Å².